The number of rotatable bonds is 6. The summed E-state index contributed by atoms with van der Waals surface area (Å²) in [6.45, 7) is 5.08. The highest BCUT2D eigenvalue weighted by Gasteiger charge is 2.09. The van der Waals surface area contributed by atoms with Crippen LogP contribution in [-0.2, 0) is 0 Å². The van der Waals surface area contributed by atoms with Crippen molar-refractivity contribution in [1.82, 2.24) is 9.88 Å². The maximum Gasteiger partial charge on any atom is 0.214 e. The van der Waals surface area contributed by atoms with E-state index in [1.807, 2.05) is 32.8 Å². The first kappa shape index (κ1) is 13.6. The van der Waals surface area contributed by atoms with E-state index in [0.29, 0.717) is 24.5 Å². The van der Waals surface area contributed by atoms with Gasteiger partial charge in [0.2, 0.25) is 5.88 Å². The standard InChI is InChI=1S/C13H20N2O2/c1-5-17-13-9-11(8-10(2)14-13)12(16)6-7-15(3)4/h8-9H,5-7H2,1-4H3. The third-order valence-corrected chi connectivity index (χ3v) is 2.33. The normalized spacial score (nSPS) is 10.6. The number of carbonyl (C=O) groups excluding carboxylic acids is 1. The van der Waals surface area contributed by atoms with Crippen LogP contribution < -0.4 is 4.74 Å². The predicted octanol–water partition coefficient (Wildman–Crippen LogP) is 1.92. The van der Waals surface area contributed by atoms with Gasteiger partial charge in [0.05, 0.1) is 6.61 Å². The van der Waals surface area contributed by atoms with Gasteiger partial charge in [-0.25, -0.2) is 4.98 Å². The van der Waals surface area contributed by atoms with Crippen LogP contribution in [0.5, 0.6) is 5.88 Å². The van der Waals surface area contributed by atoms with Gasteiger partial charge in [0, 0.05) is 30.3 Å². The molecule has 0 aliphatic heterocycles. The zero-order valence-corrected chi connectivity index (χ0v) is 11.0. The van der Waals surface area contributed by atoms with Crippen molar-refractivity contribution >= 4 is 5.78 Å². The molecule has 0 N–H and O–H groups in total. The van der Waals surface area contributed by atoms with Crippen LogP contribution in [0, 0.1) is 6.92 Å². The smallest absolute Gasteiger partial charge is 0.214 e. The first-order chi connectivity index (χ1) is 8.02. The molecule has 0 atom stereocenters. The summed E-state index contributed by atoms with van der Waals surface area (Å²) in [4.78, 5) is 18.2. The molecule has 1 rings (SSSR count). The lowest BCUT2D eigenvalue weighted by Gasteiger charge is -2.09. The van der Waals surface area contributed by atoms with E-state index in [0.717, 1.165) is 12.2 Å². The Balaban J connectivity index is 2.78. The van der Waals surface area contributed by atoms with E-state index in [2.05, 4.69) is 4.98 Å². The van der Waals surface area contributed by atoms with Gasteiger partial charge < -0.3 is 9.64 Å². The van der Waals surface area contributed by atoms with Crippen molar-refractivity contribution in [2.75, 3.05) is 27.2 Å². The molecular weight excluding hydrogens is 216 g/mol. The van der Waals surface area contributed by atoms with Crippen LogP contribution in [-0.4, -0.2) is 42.9 Å². The highest BCUT2D eigenvalue weighted by molar-refractivity contribution is 5.96. The maximum absolute atomic E-state index is 11.9. The van der Waals surface area contributed by atoms with E-state index >= 15 is 0 Å². The minimum atomic E-state index is 0.130. The molecule has 0 spiro atoms. The second-order valence-electron chi connectivity index (χ2n) is 4.24. The summed E-state index contributed by atoms with van der Waals surface area (Å²) in [6.07, 6.45) is 0.516. The Morgan fingerprint density at radius 1 is 1.41 bits per heavy atom. The van der Waals surface area contributed by atoms with Crippen molar-refractivity contribution in [2.24, 2.45) is 0 Å². The molecule has 4 heteroatoms. The van der Waals surface area contributed by atoms with Gasteiger partial charge in [-0.3, -0.25) is 4.79 Å². The molecule has 0 saturated heterocycles. The van der Waals surface area contributed by atoms with E-state index in [4.69, 9.17) is 4.74 Å². The zero-order chi connectivity index (χ0) is 12.8. The number of carbonyl (C=O) groups is 1. The van der Waals surface area contributed by atoms with Gasteiger partial charge in [-0.1, -0.05) is 0 Å². The molecule has 0 bridgehead atoms. The summed E-state index contributed by atoms with van der Waals surface area (Å²) in [6, 6.07) is 3.52. The molecule has 94 valence electrons. The van der Waals surface area contributed by atoms with Crippen molar-refractivity contribution in [3.8, 4) is 5.88 Å². The van der Waals surface area contributed by atoms with E-state index in [-0.39, 0.29) is 5.78 Å². The molecular formula is C13H20N2O2. The molecule has 17 heavy (non-hydrogen) atoms. The number of nitrogens with zero attached hydrogens (tertiary/aromatic N) is 2. The molecule has 0 aliphatic carbocycles. The number of hydrogen-bond acceptors (Lipinski definition) is 4. The second kappa shape index (κ2) is 6.35. The van der Waals surface area contributed by atoms with Crippen molar-refractivity contribution in [2.45, 2.75) is 20.3 Å². The van der Waals surface area contributed by atoms with E-state index < -0.39 is 0 Å². The number of ether oxygens (including phenoxy) is 1. The Morgan fingerprint density at radius 3 is 2.71 bits per heavy atom. The Hall–Kier alpha value is -1.42. The highest BCUT2D eigenvalue weighted by atomic mass is 16.5. The summed E-state index contributed by atoms with van der Waals surface area (Å²) < 4.78 is 5.33. The van der Waals surface area contributed by atoms with Crippen LogP contribution in [0.25, 0.3) is 0 Å². The van der Waals surface area contributed by atoms with Crippen LogP contribution in [0.1, 0.15) is 29.4 Å². The number of aryl methyl sites for hydroxylation is 1. The topological polar surface area (TPSA) is 42.4 Å². The average Bonchev–Trinajstić information content (AvgIpc) is 2.25. The van der Waals surface area contributed by atoms with E-state index in [1.54, 1.807) is 12.1 Å². The fourth-order valence-corrected chi connectivity index (χ4v) is 1.49. The van der Waals surface area contributed by atoms with Crippen LogP contribution >= 0.6 is 0 Å². The van der Waals surface area contributed by atoms with Gasteiger partial charge in [0.25, 0.3) is 0 Å². The number of Topliss-reactive ketones (excluding diaryl/α,β-unsaturated/α-hetero) is 1. The maximum atomic E-state index is 11.9. The van der Waals surface area contributed by atoms with Crippen LogP contribution in [0.3, 0.4) is 0 Å². The molecule has 1 aromatic heterocycles. The quantitative estimate of drug-likeness (QED) is 0.708. The molecule has 0 aromatic carbocycles. The highest BCUT2D eigenvalue weighted by Crippen LogP contribution is 2.14. The number of hydrogen-bond donors (Lipinski definition) is 0. The minimum Gasteiger partial charge on any atom is -0.478 e. The molecule has 0 saturated carbocycles. The number of pyridine rings is 1. The predicted molar refractivity (Wildman–Crippen MR) is 67.6 cm³/mol. The summed E-state index contributed by atoms with van der Waals surface area (Å²) in [5.74, 6) is 0.658. The molecule has 0 radical (unpaired) electrons. The van der Waals surface area contributed by atoms with Crippen molar-refractivity contribution in [3.63, 3.8) is 0 Å². The fourth-order valence-electron chi connectivity index (χ4n) is 1.49. The summed E-state index contributed by atoms with van der Waals surface area (Å²) in [5, 5.41) is 0. The number of aromatic nitrogens is 1. The van der Waals surface area contributed by atoms with Gasteiger partial charge in [-0.05, 0) is 34.0 Å². The first-order valence-electron chi connectivity index (χ1n) is 5.82. The van der Waals surface area contributed by atoms with E-state index in [9.17, 15) is 4.79 Å². The van der Waals surface area contributed by atoms with Crippen LogP contribution in [0.2, 0.25) is 0 Å². The van der Waals surface area contributed by atoms with Crippen LogP contribution in [0.4, 0.5) is 0 Å². The molecule has 0 amide bonds. The van der Waals surface area contributed by atoms with Gasteiger partial charge >= 0.3 is 0 Å². The lowest BCUT2D eigenvalue weighted by molar-refractivity contribution is 0.0972. The Morgan fingerprint density at radius 2 is 2.12 bits per heavy atom. The Kier molecular flexibility index (Phi) is 5.10. The number of ketones is 1. The van der Waals surface area contributed by atoms with Gasteiger partial charge in [-0.15, -0.1) is 0 Å². The summed E-state index contributed by atoms with van der Waals surface area (Å²) in [5.41, 5.74) is 1.49. The molecule has 1 aromatic rings. The fraction of sp³-hybridized carbons (Fsp3) is 0.538. The lowest BCUT2D eigenvalue weighted by Crippen LogP contribution is -2.17. The van der Waals surface area contributed by atoms with Gasteiger partial charge in [-0.2, -0.15) is 0 Å². The second-order valence-corrected chi connectivity index (χ2v) is 4.24. The monoisotopic (exact) mass is 236 g/mol. The molecule has 0 fully saturated rings. The van der Waals surface area contributed by atoms with Crippen molar-refractivity contribution in [1.29, 1.82) is 0 Å². The first-order valence-corrected chi connectivity index (χ1v) is 5.82. The molecule has 0 aliphatic rings. The zero-order valence-electron chi connectivity index (χ0n) is 11.0. The summed E-state index contributed by atoms with van der Waals surface area (Å²) >= 11 is 0. The Bertz CT molecular complexity index is 389. The lowest BCUT2D eigenvalue weighted by atomic mass is 10.1. The van der Waals surface area contributed by atoms with Crippen LogP contribution in [0.15, 0.2) is 12.1 Å². The van der Waals surface area contributed by atoms with Crippen molar-refractivity contribution < 1.29 is 9.53 Å². The third-order valence-electron chi connectivity index (χ3n) is 2.33. The van der Waals surface area contributed by atoms with Gasteiger partial charge in [0.1, 0.15) is 0 Å². The molecule has 1 heterocycles. The van der Waals surface area contributed by atoms with Crippen molar-refractivity contribution in [3.05, 3.63) is 23.4 Å². The third kappa shape index (κ3) is 4.53. The van der Waals surface area contributed by atoms with E-state index in [1.165, 1.54) is 0 Å². The average molecular weight is 236 g/mol. The Labute approximate surface area is 103 Å². The SMILES string of the molecule is CCOc1cc(C(=O)CCN(C)C)cc(C)n1. The molecule has 4 nitrogen and oxygen atoms in total. The minimum absolute atomic E-state index is 0.130. The largest absolute Gasteiger partial charge is 0.478 e. The molecule has 0 unspecified atom stereocenters. The summed E-state index contributed by atoms with van der Waals surface area (Å²) in [7, 11) is 3.91. The van der Waals surface area contributed by atoms with Gasteiger partial charge in [0.15, 0.2) is 5.78 Å².